The van der Waals surface area contributed by atoms with Gasteiger partial charge in [0.2, 0.25) is 0 Å². The average molecular weight is 439 g/mol. The molecule has 0 amide bonds. The summed E-state index contributed by atoms with van der Waals surface area (Å²) in [4.78, 5) is 5.52. The predicted octanol–water partition coefficient (Wildman–Crippen LogP) is 8.79. The van der Waals surface area contributed by atoms with E-state index in [-0.39, 0.29) is 0 Å². The van der Waals surface area contributed by atoms with Gasteiger partial charge < -0.3 is 9.80 Å². The largest absolute Gasteiger partial charge is 0.302 e. The molecular formula is C29H62N2. The normalized spacial score (nSPS) is 13.9. The highest BCUT2D eigenvalue weighted by Crippen LogP contribution is 2.17. The summed E-state index contributed by atoms with van der Waals surface area (Å²) in [6.07, 6.45) is 21.0. The van der Waals surface area contributed by atoms with E-state index in [2.05, 4.69) is 51.3 Å². The molecule has 0 aliphatic carbocycles. The highest BCUT2D eigenvalue weighted by atomic mass is 15.2. The van der Waals surface area contributed by atoms with Crippen molar-refractivity contribution in [2.45, 2.75) is 138 Å². The van der Waals surface area contributed by atoms with Crippen molar-refractivity contribution in [3.8, 4) is 0 Å². The van der Waals surface area contributed by atoms with Crippen molar-refractivity contribution in [2.24, 2.45) is 11.8 Å². The zero-order valence-corrected chi connectivity index (χ0v) is 22.9. The zero-order valence-electron chi connectivity index (χ0n) is 22.9. The molecule has 0 aliphatic rings. The quantitative estimate of drug-likeness (QED) is 0.139. The third-order valence-electron chi connectivity index (χ3n) is 6.80. The Hall–Kier alpha value is -0.0800. The van der Waals surface area contributed by atoms with Crippen LogP contribution in [0.25, 0.3) is 0 Å². The van der Waals surface area contributed by atoms with Gasteiger partial charge in [0.25, 0.3) is 0 Å². The van der Waals surface area contributed by atoms with Crippen molar-refractivity contribution < 1.29 is 0 Å². The Labute approximate surface area is 198 Å². The molecule has 0 aromatic rings. The van der Waals surface area contributed by atoms with Gasteiger partial charge in [-0.1, -0.05) is 112 Å². The highest BCUT2D eigenvalue weighted by Gasteiger charge is 2.15. The standard InChI is InChI=1S/C29H62N2/c1-7-11-13-14-15-16-17-19-21-29(6)27-31(26-28(5)20-18-12-8-2)25-24-30(22-9-3)23-10-4/h28-29H,7-27H2,1-6H3. The Morgan fingerprint density at radius 3 is 1.29 bits per heavy atom. The molecule has 0 heterocycles. The molecule has 31 heavy (non-hydrogen) atoms. The fraction of sp³-hybridized carbons (Fsp3) is 1.00. The molecule has 0 saturated carbocycles. The lowest BCUT2D eigenvalue weighted by Gasteiger charge is -2.31. The second-order valence-electron chi connectivity index (χ2n) is 10.6. The number of hydrogen-bond donors (Lipinski definition) is 0. The fourth-order valence-corrected chi connectivity index (χ4v) is 4.94. The zero-order chi connectivity index (χ0) is 23.2. The molecule has 0 spiro atoms. The fourth-order valence-electron chi connectivity index (χ4n) is 4.94. The molecular weight excluding hydrogens is 376 g/mol. The first-order valence-electron chi connectivity index (χ1n) is 14.5. The van der Waals surface area contributed by atoms with Crippen LogP contribution in [0.3, 0.4) is 0 Å². The maximum Gasteiger partial charge on any atom is 0.0110 e. The first kappa shape index (κ1) is 30.9. The summed E-state index contributed by atoms with van der Waals surface area (Å²) in [6.45, 7) is 21.9. The van der Waals surface area contributed by atoms with E-state index < -0.39 is 0 Å². The van der Waals surface area contributed by atoms with Crippen molar-refractivity contribution in [3.05, 3.63) is 0 Å². The SMILES string of the molecule is CCCCCCCCCCC(C)CN(CCN(CCC)CCC)CC(C)CCCCC. The number of nitrogens with zero attached hydrogens (tertiary/aromatic N) is 2. The Bertz CT molecular complexity index is 338. The van der Waals surface area contributed by atoms with E-state index in [1.807, 2.05) is 0 Å². The Kier molecular flexibility index (Phi) is 23.0. The lowest BCUT2D eigenvalue weighted by Crippen LogP contribution is -2.40. The molecule has 0 aromatic carbocycles. The highest BCUT2D eigenvalue weighted by molar-refractivity contribution is 4.70. The van der Waals surface area contributed by atoms with Crippen LogP contribution >= 0.6 is 0 Å². The summed E-state index contributed by atoms with van der Waals surface area (Å²) in [5, 5.41) is 0. The van der Waals surface area contributed by atoms with Crippen molar-refractivity contribution in [1.29, 1.82) is 0 Å². The molecule has 2 unspecified atom stereocenters. The number of hydrogen-bond acceptors (Lipinski definition) is 2. The Balaban J connectivity index is 4.35. The van der Waals surface area contributed by atoms with Crippen LogP contribution in [0.2, 0.25) is 0 Å². The third kappa shape index (κ3) is 20.3. The first-order valence-corrected chi connectivity index (χ1v) is 14.5. The summed E-state index contributed by atoms with van der Waals surface area (Å²) in [5.41, 5.74) is 0. The van der Waals surface area contributed by atoms with Crippen molar-refractivity contribution in [1.82, 2.24) is 9.80 Å². The van der Waals surface area contributed by atoms with Gasteiger partial charge in [0.15, 0.2) is 0 Å². The van der Waals surface area contributed by atoms with Crippen LogP contribution in [0.4, 0.5) is 0 Å². The summed E-state index contributed by atoms with van der Waals surface area (Å²) in [5.74, 6) is 1.68. The van der Waals surface area contributed by atoms with Gasteiger partial charge in [-0.15, -0.1) is 0 Å². The average Bonchev–Trinajstić information content (AvgIpc) is 2.74. The van der Waals surface area contributed by atoms with Crippen molar-refractivity contribution in [2.75, 3.05) is 39.3 Å². The van der Waals surface area contributed by atoms with E-state index in [1.165, 1.54) is 136 Å². The second kappa shape index (κ2) is 23.1. The summed E-state index contributed by atoms with van der Waals surface area (Å²) >= 11 is 0. The minimum Gasteiger partial charge on any atom is -0.302 e. The molecule has 0 aromatic heterocycles. The number of unbranched alkanes of at least 4 members (excludes halogenated alkanes) is 9. The van der Waals surface area contributed by atoms with Gasteiger partial charge in [-0.2, -0.15) is 0 Å². The molecule has 0 N–H and O–H groups in total. The van der Waals surface area contributed by atoms with Crippen LogP contribution in [0, 0.1) is 11.8 Å². The molecule has 0 rings (SSSR count). The lowest BCUT2D eigenvalue weighted by molar-refractivity contribution is 0.163. The topological polar surface area (TPSA) is 6.48 Å². The first-order chi connectivity index (χ1) is 15.1. The predicted molar refractivity (Wildman–Crippen MR) is 143 cm³/mol. The molecule has 0 bridgehead atoms. The van der Waals surface area contributed by atoms with E-state index in [0.717, 1.165) is 11.8 Å². The van der Waals surface area contributed by atoms with Gasteiger partial charge in [0.05, 0.1) is 0 Å². The maximum atomic E-state index is 2.82. The lowest BCUT2D eigenvalue weighted by atomic mass is 9.99. The van der Waals surface area contributed by atoms with Crippen LogP contribution in [-0.2, 0) is 0 Å². The third-order valence-corrected chi connectivity index (χ3v) is 6.80. The second-order valence-corrected chi connectivity index (χ2v) is 10.6. The minimum absolute atomic E-state index is 0.840. The molecule has 0 radical (unpaired) electrons. The van der Waals surface area contributed by atoms with E-state index >= 15 is 0 Å². The van der Waals surface area contributed by atoms with Crippen LogP contribution in [0.15, 0.2) is 0 Å². The number of rotatable bonds is 24. The van der Waals surface area contributed by atoms with Crippen LogP contribution in [-0.4, -0.2) is 49.1 Å². The molecule has 2 atom stereocenters. The van der Waals surface area contributed by atoms with Gasteiger partial charge in [0.1, 0.15) is 0 Å². The summed E-state index contributed by atoms with van der Waals surface area (Å²) < 4.78 is 0. The van der Waals surface area contributed by atoms with Crippen molar-refractivity contribution >= 4 is 0 Å². The van der Waals surface area contributed by atoms with Crippen LogP contribution in [0.1, 0.15) is 138 Å². The van der Waals surface area contributed by atoms with Crippen molar-refractivity contribution in [3.63, 3.8) is 0 Å². The Morgan fingerprint density at radius 1 is 0.419 bits per heavy atom. The van der Waals surface area contributed by atoms with E-state index in [0.29, 0.717) is 0 Å². The van der Waals surface area contributed by atoms with E-state index in [1.54, 1.807) is 0 Å². The van der Waals surface area contributed by atoms with Crippen LogP contribution in [0.5, 0.6) is 0 Å². The molecule has 0 saturated heterocycles. The van der Waals surface area contributed by atoms with Gasteiger partial charge in [-0.05, 0) is 50.6 Å². The van der Waals surface area contributed by atoms with Crippen LogP contribution < -0.4 is 0 Å². The molecule has 0 fully saturated rings. The summed E-state index contributed by atoms with van der Waals surface area (Å²) in [7, 11) is 0. The smallest absolute Gasteiger partial charge is 0.0110 e. The van der Waals surface area contributed by atoms with Gasteiger partial charge in [-0.3, -0.25) is 0 Å². The summed E-state index contributed by atoms with van der Waals surface area (Å²) in [6, 6.07) is 0. The minimum atomic E-state index is 0.840. The van der Waals surface area contributed by atoms with Gasteiger partial charge in [-0.25, -0.2) is 0 Å². The van der Waals surface area contributed by atoms with Gasteiger partial charge in [0, 0.05) is 26.2 Å². The van der Waals surface area contributed by atoms with E-state index in [4.69, 9.17) is 0 Å². The van der Waals surface area contributed by atoms with Gasteiger partial charge >= 0.3 is 0 Å². The monoisotopic (exact) mass is 438 g/mol. The molecule has 2 nitrogen and oxygen atoms in total. The maximum absolute atomic E-state index is 2.82. The Morgan fingerprint density at radius 2 is 0.806 bits per heavy atom. The molecule has 2 heteroatoms. The van der Waals surface area contributed by atoms with E-state index in [9.17, 15) is 0 Å². The molecule has 0 aliphatic heterocycles. The molecule has 188 valence electrons.